The summed E-state index contributed by atoms with van der Waals surface area (Å²) in [5, 5.41) is 11.2. The maximum atomic E-state index is 11.2. The number of phenolic OH excluding ortho intramolecular Hbond substituents is 1. The van der Waals surface area contributed by atoms with Crippen LogP contribution in [0.4, 0.5) is 0 Å². The van der Waals surface area contributed by atoms with E-state index in [1.54, 1.807) is 0 Å². The predicted molar refractivity (Wildman–Crippen MR) is 156 cm³/mol. The van der Waals surface area contributed by atoms with Gasteiger partial charge in [-0.1, -0.05) is 141 Å². The van der Waals surface area contributed by atoms with E-state index >= 15 is 0 Å². The standard InChI is InChI=1S/C34H54O/c1-5-7-9-11-12-13-14-15-17-22-26-31-30(25-19-16-10-8-6-2)27-32(35)34(33(31)28(3)4)29-23-20-18-21-24-29/h18,20-21,23-24,27-28,35H,5-17,19,22,25-26H2,1-4H3. The summed E-state index contributed by atoms with van der Waals surface area (Å²) in [6.07, 6.45) is 22.4. The third-order valence-electron chi connectivity index (χ3n) is 7.52. The summed E-state index contributed by atoms with van der Waals surface area (Å²) in [7, 11) is 0. The highest BCUT2D eigenvalue weighted by Gasteiger charge is 2.21. The van der Waals surface area contributed by atoms with Gasteiger partial charge in [0, 0.05) is 5.56 Å². The molecule has 0 unspecified atom stereocenters. The van der Waals surface area contributed by atoms with Crippen LogP contribution in [-0.2, 0) is 12.8 Å². The van der Waals surface area contributed by atoms with Gasteiger partial charge in [0.1, 0.15) is 5.75 Å². The van der Waals surface area contributed by atoms with Gasteiger partial charge in [-0.05, 0) is 59.9 Å². The van der Waals surface area contributed by atoms with E-state index in [-0.39, 0.29) is 0 Å². The average Bonchev–Trinajstić information content (AvgIpc) is 2.86. The Hall–Kier alpha value is -1.76. The molecule has 0 saturated carbocycles. The normalized spacial score (nSPS) is 11.5. The van der Waals surface area contributed by atoms with Gasteiger partial charge in [0.05, 0.1) is 0 Å². The minimum Gasteiger partial charge on any atom is -0.507 e. The Morgan fingerprint density at radius 1 is 0.629 bits per heavy atom. The minimum atomic E-state index is 0.397. The van der Waals surface area contributed by atoms with Crippen LogP contribution in [0.25, 0.3) is 11.1 Å². The van der Waals surface area contributed by atoms with Crippen molar-refractivity contribution in [2.75, 3.05) is 0 Å². The van der Waals surface area contributed by atoms with Crippen LogP contribution in [0, 0.1) is 0 Å². The number of hydrogen-bond donors (Lipinski definition) is 1. The molecule has 1 heteroatoms. The second-order valence-corrected chi connectivity index (χ2v) is 10.9. The molecule has 2 aromatic carbocycles. The second kappa shape index (κ2) is 17.6. The van der Waals surface area contributed by atoms with Crippen LogP contribution in [0.1, 0.15) is 147 Å². The van der Waals surface area contributed by atoms with Crippen molar-refractivity contribution in [2.45, 2.75) is 143 Å². The van der Waals surface area contributed by atoms with E-state index in [1.807, 2.05) is 0 Å². The molecular formula is C34H54O. The van der Waals surface area contributed by atoms with Gasteiger partial charge in [0.25, 0.3) is 0 Å². The van der Waals surface area contributed by atoms with Crippen molar-refractivity contribution in [3.63, 3.8) is 0 Å². The lowest BCUT2D eigenvalue weighted by molar-refractivity contribution is 0.474. The van der Waals surface area contributed by atoms with Crippen LogP contribution in [0.3, 0.4) is 0 Å². The number of benzene rings is 2. The molecule has 0 aliphatic heterocycles. The quantitative estimate of drug-likeness (QED) is 0.199. The van der Waals surface area contributed by atoms with E-state index in [0.29, 0.717) is 11.7 Å². The lowest BCUT2D eigenvalue weighted by atomic mass is 9.82. The zero-order chi connectivity index (χ0) is 25.3. The molecule has 0 spiro atoms. The predicted octanol–water partition coefficient (Wildman–Crippen LogP) is 11.2. The second-order valence-electron chi connectivity index (χ2n) is 10.9. The molecule has 0 atom stereocenters. The molecule has 0 aliphatic carbocycles. The summed E-state index contributed by atoms with van der Waals surface area (Å²) in [4.78, 5) is 0. The molecule has 2 aromatic rings. The molecule has 196 valence electrons. The molecule has 0 radical (unpaired) electrons. The molecule has 0 heterocycles. The Morgan fingerprint density at radius 3 is 1.63 bits per heavy atom. The first-order valence-electron chi connectivity index (χ1n) is 15.0. The Kier molecular flexibility index (Phi) is 14.8. The van der Waals surface area contributed by atoms with E-state index < -0.39 is 0 Å². The minimum absolute atomic E-state index is 0.397. The van der Waals surface area contributed by atoms with E-state index in [1.165, 1.54) is 113 Å². The van der Waals surface area contributed by atoms with Gasteiger partial charge >= 0.3 is 0 Å². The number of aryl methyl sites for hydroxylation is 1. The molecule has 0 bridgehead atoms. The van der Waals surface area contributed by atoms with E-state index in [2.05, 4.69) is 64.1 Å². The van der Waals surface area contributed by atoms with E-state index in [9.17, 15) is 5.11 Å². The Labute approximate surface area is 217 Å². The average molecular weight is 479 g/mol. The van der Waals surface area contributed by atoms with Crippen molar-refractivity contribution in [3.05, 3.63) is 53.1 Å². The number of unbranched alkanes of at least 4 members (excludes halogenated alkanes) is 13. The maximum Gasteiger partial charge on any atom is 0.123 e. The topological polar surface area (TPSA) is 20.2 Å². The van der Waals surface area contributed by atoms with Crippen molar-refractivity contribution < 1.29 is 5.11 Å². The Balaban J connectivity index is 2.10. The van der Waals surface area contributed by atoms with Gasteiger partial charge in [-0.25, -0.2) is 0 Å². The number of rotatable bonds is 19. The first kappa shape index (κ1) is 29.5. The van der Waals surface area contributed by atoms with E-state index in [4.69, 9.17) is 0 Å². The summed E-state index contributed by atoms with van der Waals surface area (Å²) in [6.45, 7) is 9.17. The fraction of sp³-hybridized carbons (Fsp3) is 0.647. The Morgan fingerprint density at radius 2 is 1.11 bits per heavy atom. The van der Waals surface area contributed by atoms with Crippen molar-refractivity contribution in [2.24, 2.45) is 0 Å². The fourth-order valence-corrected chi connectivity index (χ4v) is 5.56. The van der Waals surface area contributed by atoms with Crippen LogP contribution in [0.5, 0.6) is 5.75 Å². The molecule has 0 fully saturated rings. The molecule has 0 saturated heterocycles. The Bertz CT molecular complexity index is 805. The van der Waals surface area contributed by atoms with Crippen molar-refractivity contribution >= 4 is 0 Å². The van der Waals surface area contributed by atoms with Crippen LogP contribution in [0.2, 0.25) is 0 Å². The highest BCUT2D eigenvalue weighted by atomic mass is 16.3. The summed E-state index contributed by atoms with van der Waals surface area (Å²) in [6, 6.07) is 12.6. The van der Waals surface area contributed by atoms with E-state index in [0.717, 1.165) is 24.0 Å². The largest absolute Gasteiger partial charge is 0.507 e. The fourth-order valence-electron chi connectivity index (χ4n) is 5.56. The van der Waals surface area contributed by atoms with Crippen LogP contribution < -0.4 is 0 Å². The number of phenols is 1. The van der Waals surface area contributed by atoms with Gasteiger partial charge in [0.15, 0.2) is 0 Å². The highest BCUT2D eigenvalue weighted by molar-refractivity contribution is 5.76. The van der Waals surface area contributed by atoms with Crippen molar-refractivity contribution in [3.8, 4) is 16.9 Å². The van der Waals surface area contributed by atoms with Crippen molar-refractivity contribution in [1.29, 1.82) is 0 Å². The monoisotopic (exact) mass is 478 g/mol. The SMILES string of the molecule is CCCCCCCCCCCCc1c(CCCCCCC)cc(O)c(-c2ccccc2)c1C(C)C. The molecule has 0 amide bonds. The third-order valence-corrected chi connectivity index (χ3v) is 7.52. The number of hydrogen-bond acceptors (Lipinski definition) is 1. The summed E-state index contributed by atoms with van der Waals surface area (Å²) < 4.78 is 0. The van der Waals surface area contributed by atoms with Crippen LogP contribution in [-0.4, -0.2) is 5.11 Å². The zero-order valence-electron chi connectivity index (χ0n) is 23.5. The highest BCUT2D eigenvalue weighted by Crippen LogP contribution is 2.41. The van der Waals surface area contributed by atoms with Crippen LogP contribution in [0.15, 0.2) is 36.4 Å². The third kappa shape index (κ3) is 10.4. The molecule has 0 aliphatic rings. The summed E-state index contributed by atoms with van der Waals surface area (Å²) in [5.41, 5.74) is 6.53. The first-order valence-corrected chi connectivity index (χ1v) is 15.0. The maximum absolute atomic E-state index is 11.2. The summed E-state index contributed by atoms with van der Waals surface area (Å²) in [5.74, 6) is 0.865. The molecule has 2 rings (SSSR count). The molecule has 0 aromatic heterocycles. The van der Waals surface area contributed by atoms with Gasteiger partial charge in [-0.15, -0.1) is 0 Å². The molecule has 1 nitrogen and oxygen atoms in total. The molecular weight excluding hydrogens is 424 g/mol. The van der Waals surface area contributed by atoms with Gasteiger partial charge in [-0.3, -0.25) is 0 Å². The summed E-state index contributed by atoms with van der Waals surface area (Å²) >= 11 is 0. The molecule has 35 heavy (non-hydrogen) atoms. The van der Waals surface area contributed by atoms with Gasteiger partial charge in [0.2, 0.25) is 0 Å². The molecule has 1 N–H and O–H groups in total. The van der Waals surface area contributed by atoms with Crippen LogP contribution >= 0.6 is 0 Å². The zero-order valence-corrected chi connectivity index (χ0v) is 23.5. The van der Waals surface area contributed by atoms with Gasteiger partial charge in [-0.2, -0.15) is 0 Å². The first-order chi connectivity index (χ1) is 17.1. The smallest absolute Gasteiger partial charge is 0.123 e. The lowest BCUT2D eigenvalue weighted by Gasteiger charge is -2.23. The van der Waals surface area contributed by atoms with Gasteiger partial charge < -0.3 is 5.11 Å². The lowest BCUT2D eigenvalue weighted by Crippen LogP contribution is -2.06. The number of aromatic hydroxyl groups is 1. The van der Waals surface area contributed by atoms with Crippen molar-refractivity contribution in [1.82, 2.24) is 0 Å².